The van der Waals surface area contributed by atoms with Crippen LogP contribution in [-0.4, -0.2) is 59.6 Å². The summed E-state index contributed by atoms with van der Waals surface area (Å²) in [5.41, 5.74) is 5.75. The van der Waals surface area contributed by atoms with E-state index >= 15 is 0 Å². The van der Waals surface area contributed by atoms with E-state index in [1.807, 2.05) is 0 Å². The van der Waals surface area contributed by atoms with Crippen molar-refractivity contribution in [3.63, 3.8) is 0 Å². The summed E-state index contributed by atoms with van der Waals surface area (Å²) < 4.78 is 0. The first-order valence-corrected chi connectivity index (χ1v) is 6.88. The summed E-state index contributed by atoms with van der Waals surface area (Å²) in [7, 11) is 2.08. The molecular weight excluding hydrogens is 242 g/mol. The lowest BCUT2D eigenvalue weighted by molar-refractivity contribution is 0.367. The number of likely N-dealkylation sites (N-methyl/N-ethyl adjacent to an activating group) is 1. The molecule has 0 aliphatic carbocycles. The number of nitrogens with one attached hydrogen (secondary N) is 1. The largest absolute Gasteiger partial charge is 0.368 e. The van der Waals surface area contributed by atoms with Crippen molar-refractivity contribution in [1.29, 1.82) is 0 Å². The van der Waals surface area contributed by atoms with Gasteiger partial charge in [-0.15, -0.1) is 0 Å². The van der Waals surface area contributed by atoms with Crippen LogP contribution in [0.4, 0.5) is 17.8 Å². The normalized spacial score (nSPS) is 15.2. The van der Waals surface area contributed by atoms with Gasteiger partial charge in [0.05, 0.1) is 0 Å². The van der Waals surface area contributed by atoms with Gasteiger partial charge in [0.25, 0.3) is 0 Å². The molecule has 0 amide bonds. The summed E-state index contributed by atoms with van der Waals surface area (Å²) in [5, 5.41) is 3.20. The van der Waals surface area contributed by atoms with Gasteiger partial charge in [-0.05, 0) is 26.4 Å². The fourth-order valence-corrected chi connectivity index (χ4v) is 2.03. The number of nitrogens with two attached hydrogens (primary N) is 1. The summed E-state index contributed by atoms with van der Waals surface area (Å²) in [5.74, 6) is 1.54. The van der Waals surface area contributed by atoms with Crippen LogP contribution in [0.15, 0.2) is 0 Å². The van der Waals surface area contributed by atoms with Crippen molar-refractivity contribution in [2.45, 2.75) is 19.8 Å². The Labute approximate surface area is 114 Å². The van der Waals surface area contributed by atoms with E-state index in [1.165, 1.54) is 12.8 Å². The number of nitrogens with zero attached hydrogens (tertiary/aromatic N) is 5. The van der Waals surface area contributed by atoms with Crippen LogP contribution in [0.3, 0.4) is 0 Å². The average Bonchev–Trinajstić information content (AvgIpc) is 2.91. The van der Waals surface area contributed by atoms with Gasteiger partial charge in [0.1, 0.15) is 0 Å². The smallest absolute Gasteiger partial charge is 0.231 e. The molecule has 7 heteroatoms. The number of nitrogen functional groups attached to an aromatic ring is 1. The Morgan fingerprint density at radius 2 is 2.00 bits per heavy atom. The third-order valence-electron chi connectivity index (χ3n) is 3.35. The second kappa shape index (κ2) is 6.51. The molecule has 1 aliphatic rings. The highest BCUT2D eigenvalue weighted by Crippen LogP contribution is 2.17. The topological polar surface area (TPSA) is 83.2 Å². The summed E-state index contributed by atoms with van der Waals surface area (Å²) >= 11 is 0. The molecule has 3 N–H and O–H groups in total. The highest BCUT2D eigenvalue weighted by Gasteiger charge is 2.16. The van der Waals surface area contributed by atoms with Crippen LogP contribution in [-0.2, 0) is 0 Å². The van der Waals surface area contributed by atoms with Crippen LogP contribution in [0.2, 0.25) is 0 Å². The third-order valence-corrected chi connectivity index (χ3v) is 3.35. The van der Waals surface area contributed by atoms with Gasteiger partial charge in [0.2, 0.25) is 17.8 Å². The molecule has 0 bridgehead atoms. The predicted octanol–water partition coefficient (Wildman–Crippen LogP) is 0.418. The molecule has 19 heavy (non-hydrogen) atoms. The van der Waals surface area contributed by atoms with Crippen molar-refractivity contribution in [2.75, 3.05) is 55.7 Å². The van der Waals surface area contributed by atoms with E-state index in [9.17, 15) is 0 Å². The van der Waals surface area contributed by atoms with Crippen LogP contribution in [0.5, 0.6) is 0 Å². The van der Waals surface area contributed by atoms with E-state index in [1.54, 1.807) is 0 Å². The van der Waals surface area contributed by atoms with Gasteiger partial charge in [-0.2, -0.15) is 15.0 Å². The monoisotopic (exact) mass is 265 g/mol. The van der Waals surface area contributed by atoms with E-state index in [-0.39, 0.29) is 5.95 Å². The van der Waals surface area contributed by atoms with Gasteiger partial charge >= 0.3 is 0 Å². The number of hydrogen-bond acceptors (Lipinski definition) is 7. The summed E-state index contributed by atoms with van der Waals surface area (Å²) in [6, 6.07) is 0. The minimum absolute atomic E-state index is 0.281. The van der Waals surface area contributed by atoms with Gasteiger partial charge in [-0.1, -0.05) is 6.92 Å². The Hall–Kier alpha value is -1.63. The van der Waals surface area contributed by atoms with Crippen LogP contribution in [0, 0.1) is 0 Å². The quantitative estimate of drug-likeness (QED) is 0.771. The molecule has 0 atom stereocenters. The maximum atomic E-state index is 5.75. The van der Waals surface area contributed by atoms with E-state index in [0.29, 0.717) is 11.9 Å². The Bertz CT molecular complexity index is 403. The molecule has 0 radical (unpaired) electrons. The molecule has 7 nitrogen and oxygen atoms in total. The predicted molar refractivity (Wildman–Crippen MR) is 77.3 cm³/mol. The minimum atomic E-state index is 0.281. The first-order chi connectivity index (χ1) is 9.19. The molecule has 2 rings (SSSR count). The second-order valence-corrected chi connectivity index (χ2v) is 4.83. The molecule has 0 aromatic carbocycles. The Balaban J connectivity index is 1.96. The molecule has 0 saturated carbocycles. The van der Waals surface area contributed by atoms with Crippen molar-refractivity contribution in [2.24, 2.45) is 0 Å². The fourth-order valence-electron chi connectivity index (χ4n) is 2.03. The molecule has 1 aliphatic heterocycles. The average molecular weight is 265 g/mol. The number of rotatable bonds is 6. The van der Waals surface area contributed by atoms with Crippen LogP contribution >= 0.6 is 0 Å². The zero-order valence-electron chi connectivity index (χ0n) is 11.8. The van der Waals surface area contributed by atoms with Crippen LogP contribution < -0.4 is 16.0 Å². The summed E-state index contributed by atoms with van der Waals surface area (Å²) in [6.07, 6.45) is 2.38. The lowest BCUT2D eigenvalue weighted by Gasteiger charge is -2.17. The van der Waals surface area contributed by atoms with Crippen molar-refractivity contribution in [3.8, 4) is 0 Å². The first-order valence-electron chi connectivity index (χ1n) is 6.88. The van der Waals surface area contributed by atoms with Gasteiger partial charge in [-0.3, -0.25) is 0 Å². The zero-order valence-corrected chi connectivity index (χ0v) is 11.8. The molecule has 1 aromatic rings. The molecule has 106 valence electrons. The molecule has 2 heterocycles. The Morgan fingerprint density at radius 1 is 1.26 bits per heavy atom. The second-order valence-electron chi connectivity index (χ2n) is 4.83. The zero-order chi connectivity index (χ0) is 13.7. The maximum Gasteiger partial charge on any atom is 0.231 e. The van der Waals surface area contributed by atoms with E-state index in [4.69, 9.17) is 5.73 Å². The molecular formula is C12H23N7. The fraction of sp³-hybridized carbons (Fsp3) is 0.750. The highest BCUT2D eigenvalue weighted by atomic mass is 15.3. The summed E-state index contributed by atoms with van der Waals surface area (Å²) in [4.78, 5) is 17.1. The van der Waals surface area contributed by atoms with E-state index < -0.39 is 0 Å². The van der Waals surface area contributed by atoms with Gasteiger partial charge < -0.3 is 20.9 Å². The standard InChI is InChI=1S/C12H23N7/c1-3-18(2)9-6-14-11-15-10(13)16-12(17-11)19-7-4-5-8-19/h3-9H2,1-2H3,(H3,13,14,15,16,17). The van der Waals surface area contributed by atoms with Crippen molar-refractivity contribution in [3.05, 3.63) is 0 Å². The van der Waals surface area contributed by atoms with Crippen molar-refractivity contribution >= 4 is 17.8 Å². The van der Waals surface area contributed by atoms with E-state index in [2.05, 4.69) is 44.0 Å². The number of hydrogen-bond donors (Lipinski definition) is 2. The molecule has 1 fully saturated rings. The molecule has 1 saturated heterocycles. The molecule has 1 aromatic heterocycles. The van der Waals surface area contributed by atoms with Gasteiger partial charge in [-0.25, -0.2) is 0 Å². The Morgan fingerprint density at radius 3 is 2.68 bits per heavy atom. The van der Waals surface area contributed by atoms with Gasteiger partial charge in [0, 0.05) is 26.2 Å². The minimum Gasteiger partial charge on any atom is -0.368 e. The molecule has 0 spiro atoms. The first kappa shape index (κ1) is 13.8. The highest BCUT2D eigenvalue weighted by molar-refractivity contribution is 5.42. The Kier molecular flexibility index (Phi) is 4.73. The third kappa shape index (κ3) is 3.92. The van der Waals surface area contributed by atoms with Crippen LogP contribution in [0.1, 0.15) is 19.8 Å². The maximum absolute atomic E-state index is 5.75. The van der Waals surface area contributed by atoms with Crippen molar-refractivity contribution < 1.29 is 0 Å². The number of aromatic nitrogens is 3. The summed E-state index contributed by atoms with van der Waals surface area (Å²) in [6.45, 7) is 6.91. The van der Waals surface area contributed by atoms with Crippen LogP contribution in [0.25, 0.3) is 0 Å². The lowest BCUT2D eigenvalue weighted by Crippen LogP contribution is -2.26. The SMILES string of the molecule is CCN(C)CCNc1nc(N)nc(N2CCCC2)n1. The number of anilines is 3. The molecule has 0 unspecified atom stereocenters. The van der Waals surface area contributed by atoms with E-state index in [0.717, 1.165) is 32.7 Å². The van der Waals surface area contributed by atoms with Crippen molar-refractivity contribution in [1.82, 2.24) is 19.9 Å². The lowest BCUT2D eigenvalue weighted by atomic mass is 10.4. The van der Waals surface area contributed by atoms with Gasteiger partial charge in [0.15, 0.2) is 0 Å².